The molecule has 0 spiro atoms. The largest absolute Gasteiger partial charge is 0.480 e. The van der Waals surface area contributed by atoms with Crippen LogP contribution in [0.25, 0.3) is 17.2 Å². The van der Waals surface area contributed by atoms with Crippen LogP contribution in [0.2, 0.25) is 6.32 Å². The number of unbranched alkanes of at least 4 members (excludes halogenated alkanes) is 1. The third-order valence-corrected chi connectivity index (χ3v) is 6.60. The van der Waals surface area contributed by atoms with Crippen molar-refractivity contribution in [2.45, 2.75) is 56.5 Å². The lowest BCUT2D eigenvalue weighted by Crippen LogP contribution is -2.61. The molecule has 0 aromatic heterocycles. The van der Waals surface area contributed by atoms with Crippen LogP contribution in [0.3, 0.4) is 0 Å². The average molecular weight is 436 g/mol. The summed E-state index contributed by atoms with van der Waals surface area (Å²) in [6.45, 7) is 4.51. The summed E-state index contributed by atoms with van der Waals surface area (Å²) in [7, 11) is -1.35. The van der Waals surface area contributed by atoms with Crippen LogP contribution in [0.15, 0.2) is 55.1 Å². The molecule has 6 N–H and O–H groups in total. The molecule has 0 radical (unpaired) electrons. The van der Waals surface area contributed by atoms with Crippen molar-refractivity contribution >= 4 is 19.2 Å². The smallest absolute Gasteiger partial charge is 0.451 e. The molecule has 1 fully saturated rings. The SMILES string of the molecule is C=Cc1ccc(-c2ccc(CNC3CC([C@](N)(CCCCB(O)O)C(=O)O)C3)cc2)cc1. The molecular weight excluding hydrogens is 403 g/mol. The Bertz CT molecular complexity index is 895. The summed E-state index contributed by atoms with van der Waals surface area (Å²) in [5.74, 6) is -1.04. The molecule has 1 atom stereocenters. The van der Waals surface area contributed by atoms with Gasteiger partial charge in [-0.05, 0) is 53.8 Å². The van der Waals surface area contributed by atoms with Crippen molar-refractivity contribution in [1.29, 1.82) is 0 Å². The highest BCUT2D eigenvalue weighted by Gasteiger charge is 2.47. The number of rotatable bonds is 12. The molecule has 1 aliphatic carbocycles. The van der Waals surface area contributed by atoms with Crippen LogP contribution in [-0.2, 0) is 11.3 Å². The standard InChI is InChI=1S/C25H33BN2O4/c1-2-18-5-9-20(10-6-18)21-11-7-19(8-12-21)17-28-23-15-22(16-23)25(27,24(29)30)13-3-4-14-26(31)32/h2,5-12,22-23,28,31-32H,1,3-4,13-17,27H2,(H,29,30)/t22?,23?,25-/m1/s1. The first-order valence-electron chi connectivity index (χ1n) is 11.3. The maximum atomic E-state index is 11.8. The van der Waals surface area contributed by atoms with Gasteiger partial charge in [-0.15, -0.1) is 0 Å². The van der Waals surface area contributed by atoms with E-state index in [2.05, 4.69) is 60.4 Å². The molecule has 0 unspecified atom stereocenters. The van der Waals surface area contributed by atoms with Crippen LogP contribution in [-0.4, -0.2) is 39.8 Å². The molecule has 1 aliphatic rings. The van der Waals surface area contributed by atoms with E-state index >= 15 is 0 Å². The second-order valence-corrected chi connectivity index (χ2v) is 8.84. The predicted octanol–water partition coefficient (Wildman–Crippen LogP) is 3.29. The van der Waals surface area contributed by atoms with Crippen LogP contribution in [0, 0.1) is 5.92 Å². The summed E-state index contributed by atoms with van der Waals surface area (Å²) in [4.78, 5) is 11.8. The van der Waals surface area contributed by atoms with Crippen molar-refractivity contribution < 1.29 is 19.9 Å². The first-order chi connectivity index (χ1) is 15.3. The number of carboxylic acids is 1. The summed E-state index contributed by atoms with van der Waals surface area (Å²) < 4.78 is 0. The lowest BCUT2D eigenvalue weighted by Gasteiger charge is -2.45. The monoisotopic (exact) mass is 436 g/mol. The summed E-state index contributed by atoms with van der Waals surface area (Å²) >= 11 is 0. The number of nitrogens with two attached hydrogens (primary N) is 1. The molecule has 6 nitrogen and oxygen atoms in total. The van der Waals surface area contributed by atoms with E-state index < -0.39 is 18.6 Å². The number of hydrogen-bond donors (Lipinski definition) is 5. The van der Waals surface area contributed by atoms with E-state index in [1.165, 1.54) is 11.1 Å². The Labute approximate surface area is 190 Å². The summed E-state index contributed by atoms with van der Waals surface area (Å²) in [5, 5.41) is 31.0. The van der Waals surface area contributed by atoms with Gasteiger partial charge in [-0.2, -0.15) is 0 Å². The molecule has 7 heteroatoms. The van der Waals surface area contributed by atoms with Gasteiger partial charge in [0.1, 0.15) is 5.54 Å². The Morgan fingerprint density at radius 3 is 2.22 bits per heavy atom. The van der Waals surface area contributed by atoms with E-state index in [4.69, 9.17) is 15.8 Å². The zero-order valence-corrected chi connectivity index (χ0v) is 18.4. The molecule has 0 saturated heterocycles. The lowest BCUT2D eigenvalue weighted by atomic mass is 9.66. The fraction of sp³-hybridized carbons (Fsp3) is 0.400. The normalized spacial score (nSPS) is 19.6. The molecule has 170 valence electrons. The number of aliphatic carboxylic acids is 1. The van der Waals surface area contributed by atoms with Crippen LogP contribution in [0.1, 0.15) is 43.2 Å². The van der Waals surface area contributed by atoms with Gasteiger partial charge in [0.15, 0.2) is 0 Å². The van der Waals surface area contributed by atoms with Crippen LogP contribution < -0.4 is 11.1 Å². The molecule has 3 rings (SSSR count). The summed E-state index contributed by atoms with van der Waals surface area (Å²) in [5.41, 5.74) is 9.62. The van der Waals surface area contributed by atoms with Gasteiger partial charge < -0.3 is 26.2 Å². The first kappa shape index (κ1) is 24.2. The van der Waals surface area contributed by atoms with Gasteiger partial charge in [0.2, 0.25) is 0 Å². The molecule has 32 heavy (non-hydrogen) atoms. The highest BCUT2D eigenvalue weighted by molar-refractivity contribution is 6.40. The van der Waals surface area contributed by atoms with E-state index in [9.17, 15) is 9.90 Å². The van der Waals surface area contributed by atoms with E-state index in [0.717, 1.165) is 30.5 Å². The van der Waals surface area contributed by atoms with Crippen LogP contribution in [0.4, 0.5) is 0 Å². The minimum Gasteiger partial charge on any atom is -0.480 e. The second-order valence-electron chi connectivity index (χ2n) is 8.84. The highest BCUT2D eigenvalue weighted by Crippen LogP contribution is 2.38. The number of carboxylic acid groups (broad SMARTS) is 1. The Hall–Kier alpha value is -2.45. The molecular formula is C25H33BN2O4. The van der Waals surface area contributed by atoms with Gasteiger partial charge in [-0.1, -0.05) is 74.0 Å². The van der Waals surface area contributed by atoms with Crippen LogP contribution >= 0.6 is 0 Å². The zero-order valence-electron chi connectivity index (χ0n) is 18.4. The van der Waals surface area contributed by atoms with Crippen LogP contribution in [0.5, 0.6) is 0 Å². The number of benzene rings is 2. The van der Waals surface area contributed by atoms with E-state index in [-0.39, 0.29) is 18.3 Å². The Balaban J connectivity index is 1.46. The maximum Gasteiger partial charge on any atom is 0.451 e. The summed E-state index contributed by atoms with van der Waals surface area (Å²) in [6, 6.07) is 17.0. The Kier molecular flexibility index (Phi) is 8.26. The van der Waals surface area contributed by atoms with Crippen molar-refractivity contribution in [1.82, 2.24) is 5.32 Å². The van der Waals surface area contributed by atoms with Gasteiger partial charge in [0, 0.05) is 12.6 Å². The third-order valence-electron chi connectivity index (χ3n) is 6.60. The average Bonchev–Trinajstić information content (AvgIpc) is 2.76. The molecule has 0 amide bonds. The maximum absolute atomic E-state index is 11.8. The van der Waals surface area contributed by atoms with E-state index in [0.29, 0.717) is 19.3 Å². The minimum atomic E-state index is -1.35. The Morgan fingerprint density at radius 2 is 1.69 bits per heavy atom. The predicted molar refractivity (Wildman–Crippen MR) is 129 cm³/mol. The first-order valence-corrected chi connectivity index (χ1v) is 11.3. The lowest BCUT2D eigenvalue weighted by molar-refractivity contribution is -0.148. The van der Waals surface area contributed by atoms with Gasteiger partial charge in [0.25, 0.3) is 0 Å². The van der Waals surface area contributed by atoms with Crippen molar-refractivity contribution in [3.8, 4) is 11.1 Å². The number of nitrogens with one attached hydrogen (secondary N) is 1. The van der Waals surface area contributed by atoms with E-state index in [1.54, 1.807) is 0 Å². The zero-order chi connectivity index (χ0) is 23.1. The summed E-state index contributed by atoms with van der Waals surface area (Å²) in [6.07, 6.45) is 5.01. The van der Waals surface area contributed by atoms with Crippen molar-refractivity contribution in [2.24, 2.45) is 11.7 Å². The molecule has 2 aromatic carbocycles. The fourth-order valence-corrected chi connectivity index (χ4v) is 4.32. The van der Waals surface area contributed by atoms with Gasteiger partial charge >= 0.3 is 13.1 Å². The van der Waals surface area contributed by atoms with Gasteiger partial charge in [0.05, 0.1) is 0 Å². The molecule has 2 aromatic rings. The van der Waals surface area contributed by atoms with Crippen molar-refractivity contribution in [3.63, 3.8) is 0 Å². The molecule has 0 heterocycles. The molecule has 1 saturated carbocycles. The number of hydrogen-bond acceptors (Lipinski definition) is 5. The second kappa shape index (κ2) is 10.9. The van der Waals surface area contributed by atoms with Crippen molar-refractivity contribution in [2.75, 3.05) is 0 Å². The minimum absolute atomic E-state index is 0.0718. The molecule has 0 bridgehead atoms. The third kappa shape index (κ3) is 6.08. The van der Waals surface area contributed by atoms with Crippen molar-refractivity contribution in [3.05, 3.63) is 66.2 Å². The number of carbonyl (C=O) groups is 1. The van der Waals surface area contributed by atoms with Gasteiger partial charge in [-0.25, -0.2) is 0 Å². The Morgan fingerprint density at radius 1 is 1.09 bits per heavy atom. The van der Waals surface area contributed by atoms with E-state index in [1.807, 2.05) is 6.08 Å². The fourth-order valence-electron chi connectivity index (χ4n) is 4.32. The van der Waals surface area contributed by atoms with Gasteiger partial charge in [-0.3, -0.25) is 4.79 Å². The topological polar surface area (TPSA) is 116 Å². The highest BCUT2D eigenvalue weighted by atomic mass is 16.4. The molecule has 0 aliphatic heterocycles. The quantitative estimate of drug-likeness (QED) is 0.258.